The summed E-state index contributed by atoms with van der Waals surface area (Å²) < 4.78 is 31.7. The molecule has 2 aliphatic rings. The molecule has 0 aromatic heterocycles. The number of carbonyl (C=O) groups excluding carboxylic acids is 2. The number of fused-ring (bicyclic) bond motifs is 1. The first-order chi connectivity index (χ1) is 17.6. The zero-order valence-electron chi connectivity index (χ0n) is 20.6. The number of halogens is 3. The van der Waals surface area contributed by atoms with Crippen molar-refractivity contribution in [3.05, 3.63) is 70.8 Å². The van der Waals surface area contributed by atoms with Crippen molar-refractivity contribution >= 4 is 17.7 Å². The van der Waals surface area contributed by atoms with Crippen molar-refractivity contribution in [2.45, 2.75) is 38.4 Å². The van der Waals surface area contributed by atoms with Crippen molar-refractivity contribution < 1.29 is 32.7 Å². The number of hydrogen-bond donors (Lipinski definition) is 2. The maximum Gasteiger partial charge on any atom is 0.490 e. The molecule has 0 bridgehead atoms. The van der Waals surface area contributed by atoms with E-state index in [-0.39, 0.29) is 11.7 Å². The highest BCUT2D eigenvalue weighted by atomic mass is 19.4. The molecule has 0 spiro atoms. The van der Waals surface area contributed by atoms with Gasteiger partial charge in [0.2, 0.25) is 5.91 Å². The minimum absolute atomic E-state index is 0.0751. The number of amides is 1. The zero-order valence-corrected chi connectivity index (χ0v) is 20.6. The molecule has 0 saturated carbocycles. The molecular weight excluding hydrogens is 487 g/mol. The van der Waals surface area contributed by atoms with Crippen LogP contribution in [-0.4, -0.2) is 78.0 Å². The minimum atomic E-state index is -5.08. The van der Waals surface area contributed by atoms with Crippen LogP contribution in [0.5, 0.6) is 0 Å². The SMILES string of the molecule is O=C(CCC(=O)N1CCN(Cc2ccccc2)CC1)c1ccc2c(c1)CCNCC2.O=C(O)C(F)(F)F. The number of nitrogens with zero attached hydrogens (tertiary/aromatic N) is 2. The Morgan fingerprint density at radius 3 is 2.11 bits per heavy atom. The van der Waals surface area contributed by atoms with Crippen molar-refractivity contribution in [3.8, 4) is 0 Å². The summed E-state index contributed by atoms with van der Waals surface area (Å²) in [6.45, 7) is 6.13. The quantitative estimate of drug-likeness (QED) is 0.570. The van der Waals surface area contributed by atoms with Crippen LogP contribution in [0.2, 0.25) is 0 Å². The molecule has 1 fully saturated rings. The van der Waals surface area contributed by atoms with Crippen LogP contribution in [0.15, 0.2) is 48.5 Å². The Kier molecular flexibility index (Phi) is 10.2. The van der Waals surface area contributed by atoms with Crippen LogP contribution >= 0.6 is 0 Å². The number of rotatable bonds is 6. The van der Waals surface area contributed by atoms with Gasteiger partial charge in [-0.1, -0.05) is 42.5 Å². The van der Waals surface area contributed by atoms with E-state index in [1.807, 2.05) is 23.1 Å². The fraction of sp³-hybridized carbons (Fsp3) is 0.444. The minimum Gasteiger partial charge on any atom is -0.475 e. The number of alkyl halides is 3. The second kappa shape index (κ2) is 13.3. The van der Waals surface area contributed by atoms with Gasteiger partial charge >= 0.3 is 12.1 Å². The summed E-state index contributed by atoms with van der Waals surface area (Å²) in [4.78, 5) is 38.5. The number of carboxylic acids is 1. The normalized spacial score (nSPS) is 16.1. The lowest BCUT2D eigenvalue weighted by Gasteiger charge is -2.34. The number of aliphatic carboxylic acids is 1. The number of piperazine rings is 1. The Labute approximate surface area is 214 Å². The summed E-state index contributed by atoms with van der Waals surface area (Å²) in [5.74, 6) is -2.58. The van der Waals surface area contributed by atoms with Gasteiger partial charge in [-0.3, -0.25) is 14.5 Å². The molecule has 2 aromatic rings. The summed E-state index contributed by atoms with van der Waals surface area (Å²) in [5, 5.41) is 10.5. The number of ketones is 1. The standard InChI is InChI=1S/C25H31N3O2.C2HF3O2/c29-24(23-7-6-21-10-12-26-13-11-22(21)18-23)8-9-25(30)28-16-14-27(15-17-28)19-20-4-2-1-3-5-20;3-2(4,5)1(6)7/h1-7,18,26H,8-17,19H2;(H,6,7). The van der Waals surface area contributed by atoms with Crippen molar-refractivity contribution in [2.24, 2.45) is 0 Å². The molecule has 0 aliphatic carbocycles. The van der Waals surface area contributed by atoms with Crippen LogP contribution in [0, 0.1) is 0 Å². The van der Waals surface area contributed by atoms with E-state index in [0.29, 0.717) is 12.8 Å². The van der Waals surface area contributed by atoms with E-state index in [9.17, 15) is 22.8 Å². The highest BCUT2D eigenvalue weighted by Gasteiger charge is 2.38. The molecule has 0 atom stereocenters. The van der Waals surface area contributed by atoms with Crippen LogP contribution in [-0.2, 0) is 29.0 Å². The van der Waals surface area contributed by atoms with Crippen molar-refractivity contribution in [1.29, 1.82) is 0 Å². The Morgan fingerprint density at radius 2 is 1.49 bits per heavy atom. The number of benzene rings is 2. The van der Waals surface area contributed by atoms with Gasteiger partial charge in [0.1, 0.15) is 0 Å². The average molecular weight is 520 g/mol. The second-order valence-corrected chi connectivity index (χ2v) is 9.10. The summed E-state index contributed by atoms with van der Waals surface area (Å²) in [5.41, 5.74) is 4.66. The van der Waals surface area contributed by atoms with Gasteiger partial charge < -0.3 is 15.3 Å². The van der Waals surface area contributed by atoms with Gasteiger partial charge in [-0.05, 0) is 48.7 Å². The lowest BCUT2D eigenvalue weighted by molar-refractivity contribution is -0.192. The third kappa shape index (κ3) is 8.98. The smallest absolute Gasteiger partial charge is 0.475 e. The molecule has 2 aromatic carbocycles. The van der Waals surface area contributed by atoms with E-state index in [1.54, 1.807) is 0 Å². The fourth-order valence-electron chi connectivity index (χ4n) is 4.37. The van der Waals surface area contributed by atoms with Gasteiger partial charge in [0.25, 0.3) is 0 Å². The molecule has 1 amide bonds. The molecule has 1 saturated heterocycles. The monoisotopic (exact) mass is 519 g/mol. The molecule has 2 aliphatic heterocycles. The summed E-state index contributed by atoms with van der Waals surface area (Å²) >= 11 is 0. The summed E-state index contributed by atoms with van der Waals surface area (Å²) in [6.07, 6.45) is -2.52. The van der Waals surface area contributed by atoms with Crippen LogP contribution in [0.4, 0.5) is 13.2 Å². The Morgan fingerprint density at radius 1 is 0.865 bits per heavy atom. The topological polar surface area (TPSA) is 90.0 Å². The lowest BCUT2D eigenvalue weighted by Crippen LogP contribution is -2.48. The van der Waals surface area contributed by atoms with Gasteiger partial charge in [-0.2, -0.15) is 13.2 Å². The van der Waals surface area contributed by atoms with Gasteiger partial charge in [0.05, 0.1) is 0 Å². The van der Waals surface area contributed by atoms with Crippen LogP contribution in [0.25, 0.3) is 0 Å². The van der Waals surface area contributed by atoms with Gasteiger partial charge in [-0.15, -0.1) is 0 Å². The largest absolute Gasteiger partial charge is 0.490 e. The van der Waals surface area contributed by atoms with E-state index in [2.05, 4.69) is 40.5 Å². The average Bonchev–Trinajstić information content (AvgIpc) is 3.13. The molecule has 2 heterocycles. The fourth-order valence-corrected chi connectivity index (χ4v) is 4.37. The maximum absolute atomic E-state index is 12.7. The third-order valence-electron chi connectivity index (χ3n) is 6.45. The number of hydrogen-bond acceptors (Lipinski definition) is 5. The highest BCUT2D eigenvalue weighted by molar-refractivity contribution is 5.98. The lowest BCUT2D eigenvalue weighted by atomic mass is 9.97. The van der Waals surface area contributed by atoms with Gasteiger partial charge in [-0.25, -0.2) is 4.79 Å². The molecule has 37 heavy (non-hydrogen) atoms. The first kappa shape index (κ1) is 28.3. The molecule has 0 radical (unpaired) electrons. The van der Waals surface area contributed by atoms with Gasteiger partial charge in [0.15, 0.2) is 5.78 Å². The third-order valence-corrected chi connectivity index (χ3v) is 6.45. The highest BCUT2D eigenvalue weighted by Crippen LogP contribution is 2.18. The molecule has 0 unspecified atom stereocenters. The Hall–Kier alpha value is -3.24. The van der Waals surface area contributed by atoms with Crippen molar-refractivity contribution in [2.75, 3.05) is 39.3 Å². The number of carbonyl (C=O) groups is 3. The van der Waals surface area contributed by atoms with Crippen molar-refractivity contribution in [1.82, 2.24) is 15.1 Å². The predicted molar refractivity (Wildman–Crippen MR) is 132 cm³/mol. The van der Waals surface area contributed by atoms with Crippen LogP contribution in [0.1, 0.15) is 39.9 Å². The van der Waals surface area contributed by atoms with E-state index < -0.39 is 12.1 Å². The predicted octanol–water partition coefficient (Wildman–Crippen LogP) is 3.32. The molecule has 10 heteroatoms. The number of carboxylic acid groups (broad SMARTS) is 1. The number of nitrogens with one attached hydrogen (secondary N) is 1. The molecule has 7 nitrogen and oxygen atoms in total. The maximum atomic E-state index is 12.7. The van der Waals surface area contributed by atoms with E-state index in [1.165, 1.54) is 16.7 Å². The first-order valence-corrected chi connectivity index (χ1v) is 12.3. The first-order valence-electron chi connectivity index (χ1n) is 12.3. The van der Waals surface area contributed by atoms with Crippen LogP contribution < -0.4 is 5.32 Å². The van der Waals surface area contributed by atoms with E-state index >= 15 is 0 Å². The van der Waals surface area contributed by atoms with Gasteiger partial charge in [0, 0.05) is 51.1 Å². The molecule has 4 rings (SSSR count). The second-order valence-electron chi connectivity index (χ2n) is 9.10. The van der Waals surface area contributed by atoms with E-state index in [4.69, 9.17) is 9.90 Å². The molecule has 2 N–H and O–H groups in total. The summed E-state index contributed by atoms with van der Waals surface area (Å²) in [6, 6.07) is 16.5. The Bertz CT molecular complexity index is 1070. The zero-order chi connectivity index (χ0) is 26.8. The molecular formula is C27H32F3N3O4. The number of Topliss-reactive ketones (excluding diaryl/α,β-unsaturated/α-hetero) is 1. The Balaban J connectivity index is 0.000000479. The van der Waals surface area contributed by atoms with Crippen LogP contribution in [0.3, 0.4) is 0 Å². The summed E-state index contributed by atoms with van der Waals surface area (Å²) in [7, 11) is 0. The van der Waals surface area contributed by atoms with E-state index in [0.717, 1.165) is 64.2 Å². The molecule has 200 valence electrons. The van der Waals surface area contributed by atoms with Crippen molar-refractivity contribution in [3.63, 3.8) is 0 Å².